The van der Waals surface area contributed by atoms with E-state index in [9.17, 15) is 0 Å². The van der Waals surface area contributed by atoms with Crippen LogP contribution < -0.4 is 0 Å². The zero-order valence-corrected chi connectivity index (χ0v) is 8.04. The largest absolute Gasteiger partial charge is 0.0765 e. The maximum Gasteiger partial charge on any atom is 0.00929 e. The van der Waals surface area contributed by atoms with E-state index in [1.165, 1.54) is 22.8 Å². The van der Waals surface area contributed by atoms with Gasteiger partial charge in [-0.05, 0) is 40.8 Å². The molecule has 1 unspecified atom stereocenters. The van der Waals surface area contributed by atoms with E-state index in [0.717, 1.165) is 11.8 Å². The summed E-state index contributed by atoms with van der Waals surface area (Å²) in [6, 6.07) is 0. The van der Waals surface area contributed by atoms with Crippen molar-refractivity contribution in [2.45, 2.75) is 19.3 Å². The minimum Gasteiger partial charge on any atom is -0.0765 e. The first kappa shape index (κ1) is 6.89. The van der Waals surface area contributed by atoms with Crippen LogP contribution in [0.15, 0.2) is 21.8 Å². The highest BCUT2D eigenvalue weighted by molar-refractivity contribution is 14.1. The van der Waals surface area contributed by atoms with Crippen molar-refractivity contribution in [1.29, 1.82) is 0 Å². The molecule has 0 spiro atoms. The van der Waals surface area contributed by atoms with Crippen LogP contribution in [0.1, 0.15) is 19.3 Å². The zero-order chi connectivity index (χ0) is 6.97. The number of allylic oxidation sites excluding steroid dienone is 4. The van der Waals surface area contributed by atoms with Crippen LogP contribution in [-0.4, -0.2) is 0 Å². The van der Waals surface area contributed by atoms with Gasteiger partial charge in [0.15, 0.2) is 0 Å². The molecule has 0 radical (unpaired) electrons. The Morgan fingerprint density at radius 2 is 2.30 bits per heavy atom. The standard InChI is InChI=1S/C9H11I/c10-9-4-3-8(6-9)5-7-1-2-7/h3-4,6-8H,1-2,5H2. The molecule has 0 aromatic heterocycles. The van der Waals surface area contributed by atoms with Crippen molar-refractivity contribution in [2.24, 2.45) is 11.8 Å². The van der Waals surface area contributed by atoms with Gasteiger partial charge >= 0.3 is 0 Å². The zero-order valence-electron chi connectivity index (χ0n) is 5.89. The van der Waals surface area contributed by atoms with Gasteiger partial charge in [-0.3, -0.25) is 0 Å². The number of halogens is 1. The summed E-state index contributed by atoms with van der Waals surface area (Å²) in [5.41, 5.74) is 0. The van der Waals surface area contributed by atoms with Gasteiger partial charge in [-0.25, -0.2) is 0 Å². The van der Waals surface area contributed by atoms with Crippen molar-refractivity contribution in [3.63, 3.8) is 0 Å². The van der Waals surface area contributed by atoms with Gasteiger partial charge in [0.25, 0.3) is 0 Å². The van der Waals surface area contributed by atoms with E-state index in [0.29, 0.717) is 0 Å². The maximum absolute atomic E-state index is 2.39. The molecule has 1 atom stereocenters. The van der Waals surface area contributed by atoms with Crippen LogP contribution in [0, 0.1) is 11.8 Å². The molecule has 2 aliphatic rings. The Hall–Kier alpha value is 0.210. The third-order valence-electron chi connectivity index (χ3n) is 2.18. The van der Waals surface area contributed by atoms with Crippen LogP contribution in [0.2, 0.25) is 0 Å². The van der Waals surface area contributed by atoms with Crippen LogP contribution in [0.5, 0.6) is 0 Å². The smallest absolute Gasteiger partial charge is 0.00929 e. The average molecular weight is 246 g/mol. The lowest BCUT2D eigenvalue weighted by Crippen LogP contribution is -1.89. The first-order valence-electron chi connectivity index (χ1n) is 3.90. The Kier molecular flexibility index (Phi) is 1.85. The molecule has 1 fully saturated rings. The van der Waals surface area contributed by atoms with Crippen LogP contribution in [-0.2, 0) is 0 Å². The topological polar surface area (TPSA) is 0 Å². The van der Waals surface area contributed by atoms with Crippen molar-refractivity contribution in [2.75, 3.05) is 0 Å². The predicted molar refractivity (Wildman–Crippen MR) is 52.1 cm³/mol. The van der Waals surface area contributed by atoms with E-state index >= 15 is 0 Å². The molecule has 0 amide bonds. The van der Waals surface area contributed by atoms with Crippen LogP contribution >= 0.6 is 22.6 Å². The second kappa shape index (κ2) is 2.68. The Morgan fingerprint density at radius 3 is 2.80 bits per heavy atom. The van der Waals surface area contributed by atoms with Gasteiger partial charge in [0.2, 0.25) is 0 Å². The minimum absolute atomic E-state index is 0.777. The summed E-state index contributed by atoms with van der Waals surface area (Å²) in [5, 5.41) is 0. The fourth-order valence-corrected chi connectivity index (χ4v) is 2.09. The molecule has 0 aliphatic heterocycles. The molecule has 0 N–H and O–H groups in total. The molecule has 2 rings (SSSR count). The summed E-state index contributed by atoms with van der Waals surface area (Å²) in [4.78, 5) is 0. The number of hydrogen-bond acceptors (Lipinski definition) is 0. The lowest BCUT2D eigenvalue weighted by Gasteiger charge is -2.00. The van der Waals surface area contributed by atoms with Crippen molar-refractivity contribution >= 4 is 22.6 Å². The number of rotatable bonds is 2. The molecule has 1 saturated carbocycles. The highest BCUT2D eigenvalue weighted by Crippen LogP contribution is 2.38. The summed E-state index contributed by atoms with van der Waals surface area (Å²) in [6.45, 7) is 0. The quantitative estimate of drug-likeness (QED) is 0.656. The lowest BCUT2D eigenvalue weighted by molar-refractivity contribution is 0.644. The van der Waals surface area contributed by atoms with Crippen molar-refractivity contribution in [1.82, 2.24) is 0 Å². The van der Waals surface area contributed by atoms with Gasteiger partial charge in [-0.1, -0.05) is 31.1 Å². The molecule has 2 aliphatic carbocycles. The molecule has 0 heterocycles. The highest BCUT2D eigenvalue weighted by atomic mass is 127. The van der Waals surface area contributed by atoms with Crippen molar-refractivity contribution < 1.29 is 0 Å². The summed E-state index contributed by atoms with van der Waals surface area (Å²) >= 11 is 2.39. The minimum atomic E-state index is 0.777. The van der Waals surface area contributed by atoms with E-state index < -0.39 is 0 Å². The molecular formula is C9H11I. The Labute approximate surface area is 75.5 Å². The van der Waals surface area contributed by atoms with Gasteiger partial charge in [0, 0.05) is 3.58 Å². The molecule has 54 valence electrons. The molecule has 1 heteroatoms. The summed E-state index contributed by atoms with van der Waals surface area (Å²) in [6.07, 6.45) is 11.3. The first-order valence-corrected chi connectivity index (χ1v) is 4.98. The monoisotopic (exact) mass is 246 g/mol. The van der Waals surface area contributed by atoms with Gasteiger partial charge in [0.05, 0.1) is 0 Å². The normalized spacial score (nSPS) is 30.9. The second-order valence-electron chi connectivity index (χ2n) is 3.25. The first-order chi connectivity index (χ1) is 4.84. The van der Waals surface area contributed by atoms with Gasteiger partial charge < -0.3 is 0 Å². The Balaban J connectivity index is 1.89. The van der Waals surface area contributed by atoms with Crippen molar-refractivity contribution in [3.8, 4) is 0 Å². The summed E-state index contributed by atoms with van der Waals surface area (Å²) in [5.74, 6) is 1.84. The van der Waals surface area contributed by atoms with Crippen molar-refractivity contribution in [3.05, 3.63) is 21.8 Å². The van der Waals surface area contributed by atoms with E-state index in [1.807, 2.05) is 0 Å². The second-order valence-corrected chi connectivity index (χ2v) is 4.50. The van der Waals surface area contributed by atoms with E-state index in [2.05, 4.69) is 40.8 Å². The molecule has 0 aromatic carbocycles. The Morgan fingerprint density at radius 1 is 1.50 bits per heavy atom. The maximum atomic E-state index is 2.39. The Bertz CT molecular complexity index is 187. The molecule has 10 heavy (non-hydrogen) atoms. The van der Waals surface area contributed by atoms with E-state index in [4.69, 9.17) is 0 Å². The van der Waals surface area contributed by atoms with Gasteiger partial charge in [0.1, 0.15) is 0 Å². The average Bonchev–Trinajstić information content (AvgIpc) is 2.59. The molecule has 0 nitrogen and oxygen atoms in total. The van der Waals surface area contributed by atoms with Crippen LogP contribution in [0.3, 0.4) is 0 Å². The van der Waals surface area contributed by atoms with Crippen LogP contribution in [0.4, 0.5) is 0 Å². The van der Waals surface area contributed by atoms with Crippen LogP contribution in [0.25, 0.3) is 0 Å². The molecular weight excluding hydrogens is 235 g/mol. The molecule has 0 saturated heterocycles. The number of hydrogen-bond donors (Lipinski definition) is 0. The summed E-state index contributed by atoms with van der Waals surface area (Å²) < 4.78 is 1.42. The summed E-state index contributed by atoms with van der Waals surface area (Å²) in [7, 11) is 0. The third kappa shape index (κ3) is 1.62. The molecule has 0 bridgehead atoms. The van der Waals surface area contributed by atoms with Gasteiger partial charge in [-0.15, -0.1) is 0 Å². The fraction of sp³-hybridized carbons (Fsp3) is 0.556. The highest BCUT2D eigenvalue weighted by Gasteiger charge is 2.24. The predicted octanol–water partition coefficient (Wildman–Crippen LogP) is 3.29. The fourth-order valence-electron chi connectivity index (χ4n) is 1.42. The lowest BCUT2D eigenvalue weighted by atomic mass is 10.1. The van der Waals surface area contributed by atoms with E-state index in [1.54, 1.807) is 0 Å². The SMILES string of the molecule is IC1=CC(CC2CC2)C=C1. The van der Waals surface area contributed by atoms with Gasteiger partial charge in [-0.2, -0.15) is 0 Å². The third-order valence-corrected chi connectivity index (χ3v) is 2.90. The van der Waals surface area contributed by atoms with E-state index in [-0.39, 0.29) is 0 Å². The molecule has 0 aromatic rings.